The summed E-state index contributed by atoms with van der Waals surface area (Å²) < 4.78 is 1.07. The van der Waals surface area contributed by atoms with Crippen LogP contribution in [0.4, 0.5) is 5.82 Å². The first-order valence-corrected chi connectivity index (χ1v) is 13.6. The molecule has 0 aliphatic rings. The summed E-state index contributed by atoms with van der Waals surface area (Å²) >= 11 is -2.07. The van der Waals surface area contributed by atoms with Crippen molar-refractivity contribution in [1.82, 2.24) is 9.97 Å². The van der Waals surface area contributed by atoms with E-state index in [-0.39, 0.29) is 0 Å². The van der Waals surface area contributed by atoms with Crippen LogP contribution in [0.25, 0.3) is 0 Å². The topological polar surface area (TPSA) is 51.8 Å². The van der Waals surface area contributed by atoms with Gasteiger partial charge in [0.25, 0.3) is 0 Å². The van der Waals surface area contributed by atoms with Crippen LogP contribution in [0.15, 0.2) is 12.4 Å². The second-order valence-corrected chi connectivity index (χ2v) is 17.7. The molecule has 11 heavy (non-hydrogen) atoms. The van der Waals surface area contributed by atoms with Gasteiger partial charge in [0.15, 0.2) is 0 Å². The minimum absolute atomic E-state index is 0.621. The van der Waals surface area contributed by atoms with E-state index < -0.39 is 18.4 Å². The first kappa shape index (κ1) is 8.77. The van der Waals surface area contributed by atoms with Gasteiger partial charge in [0.2, 0.25) is 0 Å². The monoisotopic (exact) mass is 259 g/mol. The third-order valence-electron chi connectivity index (χ3n) is 1.44. The Morgan fingerprint density at radius 2 is 1.73 bits per heavy atom. The number of hydrogen-bond acceptors (Lipinski definition) is 3. The van der Waals surface area contributed by atoms with Gasteiger partial charge in [-0.1, -0.05) is 0 Å². The Kier molecular flexibility index (Phi) is 2.36. The van der Waals surface area contributed by atoms with Crippen molar-refractivity contribution in [3.05, 3.63) is 12.4 Å². The van der Waals surface area contributed by atoms with E-state index in [0.717, 1.165) is 3.71 Å². The quantitative estimate of drug-likeness (QED) is 0.750. The van der Waals surface area contributed by atoms with E-state index in [1.165, 1.54) is 0 Å². The fraction of sp³-hybridized carbons (Fsp3) is 0.429. The van der Waals surface area contributed by atoms with Crippen molar-refractivity contribution < 1.29 is 0 Å². The van der Waals surface area contributed by atoms with Gasteiger partial charge in [0, 0.05) is 0 Å². The molecule has 0 atom stereocenters. The summed E-state index contributed by atoms with van der Waals surface area (Å²) in [5.74, 6) is 0.621. The molecule has 0 spiro atoms. The van der Waals surface area contributed by atoms with E-state index in [9.17, 15) is 0 Å². The molecular weight excluding hydrogens is 245 g/mol. The van der Waals surface area contributed by atoms with Crippen molar-refractivity contribution in [2.24, 2.45) is 0 Å². The van der Waals surface area contributed by atoms with Gasteiger partial charge in [-0.05, 0) is 0 Å². The molecule has 0 bridgehead atoms. The standard InChI is InChI=1S/C4H4N3.3CH3.Sn/c5-4-3-6-1-2-7-4;;;;/h1-2H,(H2,5,7);3*1H3;. The number of nitrogen functional groups attached to an aromatic ring is 1. The minimum atomic E-state index is -2.07. The molecule has 2 N–H and O–H groups in total. The van der Waals surface area contributed by atoms with Gasteiger partial charge < -0.3 is 0 Å². The average molecular weight is 258 g/mol. The van der Waals surface area contributed by atoms with Crippen molar-refractivity contribution in [3.8, 4) is 0 Å². The molecule has 0 saturated heterocycles. The molecule has 60 valence electrons. The molecule has 0 amide bonds. The van der Waals surface area contributed by atoms with Gasteiger partial charge in [-0.15, -0.1) is 0 Å². The molecule has 0 fully saturated rings. The summed E-state index contributed by atoms with van der Waals surface area (Å²) in [5.41, 5.74) is 5.69. The Morgan fingerprint density at radius 3 is 2.09 bits per heavy atom. The normalized spacial score (nSPS) is 11.5. The zero-order valence-corrected chi connectivity index (χ0v) is 9.98. The molecule has 1 heterocycles. The van der Waals surface area contributed by atoms with Gasteiger partial charge >= 0.3 is 70.8 Å². The first-order valence-electron chi connectivity index (χ1n) is 3.59. The Bertz CT molecular complexity index is 254. The van der Waals surface area contributed by atoms with Crippen molar-refractivity contribution in [2.45, 2.75) is 14.8 Å². The van der Waals surface area contributed by atoms with E-state index in [2.05, 4.69) is 24.8 Å². The molecule has 0 saturated carbocycles. The zero-order valence-electron chi connectivity index (χ0n) is 7.13. The fourth-order valence-corrected chi connectivity index (χ4v) is 4.62. The van der Waals surface area contributed by atoms with Crippen LogP contribution in [-0.2, 0) is 0 Å². The van der Waals surface area contributed by atoms with Crippen molar-refractivity contribution in [3.63, 3.8) is 0 Å². The maximum absolute atomic E-state index is 5.69. The van der Waals surface area contributed by atoms with E-state index in [1.54, 1.807) is 12.4 Å². The first-order chi connectivity index (χ1) is 5.02. The number of rotatable bonds is 1. The van der Waals surface area contributed by atoms with Crippen molar-refractivity contribution in [2.75, 3.05) is 5.73 Å². The number of anilines is 1. The molecule has 0 aliphatic carbocycles. The Hall–Kier alpha value is -0.321. The third-order valence-corrected chi connectivity index (χ3v) is 6.59. The number of aromatic nitrogens is 2. The maximum atomic E-state index is 5.69. The van der Waals surface area contributed by atoms with Gasteiger partial charge in [-0.2, -0.15) is 0 Å². The molecule has 1 aromatic heterocycles. The van der Waals surface area contributed by atoms with Crippen LogP contribution in [0.3, 0.4) is 0 Å². The second-order valence-electron chi connectivity index (χ2n) is 3.54. The summed E-state index contributed by atoms with van der Waals surface area (Å²) in [4.78, 5) is 15.1. The predicted octanol–water partition coefficient (Wildman–Crippen LogP) is 0.604. The summed E-state index contributed by atoms with van der Waals surface area (Å²) in [6.07, 6.45) is 3.35. The average Bonchev–Trinajstić information content (AvgIpc) is 1.86. The van der Waals surface area contributed by atoms with Crippen LogP contribution in [0.2, 0.25) is 14.8 Å². The van der Waals surface area contributed by atoms with Crippen LogP contribution in [0, 0.1) is 0 Å². The van der Waals surface area contributed by atoms with Crippen LogP contribution < -0.4 is 9.44 Å². The molecule has 0 unspecified atom stereocenters. The number of nitrogens with two attached hydrogens (primary N) is 1. The summed E-state index contributed by atoms with van der Waals surface area (Å²) in [7, 11) is 0. The van der Waals surface area contributed by atoms with Gasteiger partial charge in [-0.25, -0.2) is 0 Å². The molecular formula is C7H13N3Sn. The SMILES string of the molecule is [CH3][Sn]([CH3])([CH3])[c]1nccnc1N. The Labute approximate surface area is 70.9 Å². The molecule has 1 rings (SSSR count). The number of nitrogens with zero attached hydrogens (tertiary/aromatic N) is 2. The zero-order chi connectivity index (χ0) is 8.48. The van der Waals surface area contributed by atoms with Crippen LogP contribution in [0.5, 0.6) is 0 Å². The molecule has 4 heteroatoms. The van der Waals surface area contributed by atoms with E-state index in [0.29, 0.717) is 5.82 Å². The fourth-order valence-electron chi connectivity index (χ4n) is 0.927. The molecule has 0 radical (unpaired) electrons. The second kappa shape index (κ2) is 2.97. The van der Waals surface area contributed by atoms with Crippen molar-refractivity contribution >= 4 is 27.9 Å². The number of hydrogen-bond donors (Lipinski definition) is 1. The predicted molar refractivity (Wildman–Crippen MR) is 49.4 cm³/mol. The van der Waals surface area contributed by atoms with E-state index in [1.807, 2.05) is 0 Å². The van der Waals surface area contributed by atoms with Gasteiger partial charge in [0.05, 0.1) is 0 Å². The van der Waals surface area contributed by atoms with Crippen LogP contribution in [-0.4, -0.2) is 28.3 Å². The summed E-state index contributed by atoms with van der Waals surface area (Å²) in [6, 6.07) is 0. The van der Waals surface area contributed by atoms with Crippen LogP contribution in [0.1, 0.15) is 0 Å². The molecule has 0 aromatic carbocycles. The van der Waals surface area contributed by atoms with E-state index in [4.69, 9.17) is 5.73 Å². The molecule has 0 aliphatic heterocycles. The third kappa shape index (κ3) is 2.05. The molecule has 3 nitrogen and oxygen atoms in total. The van der Waals surface area contributed by atoms with Gasteiger partial charge in [-0.3, -0.25) is 0 Å². The van der Waals surface area contributed by atoms with Gasteiger partial charge in [0.1, 0.15) is 0 Å². The Balaban J connectivity index is 3.14. The summed E-state index contributed by atoms with van der Waals surface area (Å²) in [6.45, 7) is 0. The van der Waals surface area contributed by atoms with Crippen LogP contribution >= 0.6 is 0 Å². The Morgan fingerprint density at radius 1 is 1.18 bits per heavy atom. The van der Waals surface area contributed by atoms with Crippen molar-refractivity contribution in [1.29, 1.82) is 0 Å². The molecule has 1 aromatic rings. The summed E-state index contributed by atoms with van der Waals surface area (Å²) in [5, 5.41) is 0. The van der Waals surface area contributed by atoms with E-state index >= 15 is 0 Å².